The van der Waals surface area contributed by atoms with E-state index in [2.05, 4.69) is 15.2 Å². The number of hydrogen-bond donors (Lipinski definition) is 2. The SMILES string of the molecule is O=C(NC1CC1)c1ccc(-c2nc(Nc3ccc(Oc4ccccc4)cc3)c3ncn(C4CCCCC4)c3n2)cc1. The monoisotopic (exact) mass is 544 g/mol. The minimum Gasteiger partial charge on any atom is -0.457 e. The molecule has 41 heavy (non-hydrogen) atoms. The number of para-hydroxylation sites is 1. The molecule has 3 aromatic carbocycles. The van der Waals surface area contributed by atoms with Gasteiger partial charge in [-0.3, -0.25) is 4.79 Å². The summed E-state index contributed by atoms with van der Waals surface area (Å²) in [5, 5.41) is 6.52. The standard InChI is InChI=1S/C33H32N6O2/c40-33(36-25-15-16-25)23-13-11-22(12-14-23)30-37-31(29-32(38-30)39(21-34-29)26-7-3-1-4-8-26)35-24-17-19-28(20-18-24)41-27-9-5-2-6-10-27/h2,5-6,9-14,17-21,25-26H,1,3-4,7-8,15-16H2,(H,36,40)(H,35,37,38). The van der Waals surface area contributed by atoms with Gasteiger partial charge in [-0.05, 0) is 74.2 Å². The summed E-state index contributed by atoms with van der Waals surface area (Å²) in [6.45, 7) is 0. The van der Waals surface area contributed by atoms with E-state index in [4.69, 9.17) is 19.7 Å². The highest BCUT2D eigenvalue weighted by molar-refractivity contribution is 5.95. The van der Waals surface area contributed by atoms with Crippen LogP contribution in [-0.2, 0) is 0 Å². The zero-order chi connectivity index (χ0) is 27.6. The first kappa shape index (κ1) is 25.3. The first-order chi connectivity index (χ1) is 20.2. The number of hydrogen-bond acceptors (Lipinski definition) is 6. The number of ether oxygens (including phenoxy) is 1. The third-order valence-corrected chi connectivity index (χ3v) is 7.80. The number of carbonyl (C=O) groups is 1. The highest BCUT2D eigenvalue weighted by Gasteiger charge is 2.24. The van der Waals surface area contributed by atoms with E-state index in [0.29, 0.717) is 29.3 Å². The Morgan fingerprint density at radius 3 is 2.27 bits per heavy atom. The second kappa shape index (κ2) is 11.0. The van der Waals surface area contributed by atoms with Crippen LogP contribution in [0.5, 0.6) is 11.5 Å². The first-order valence-corrected chi connectivity index (χ1v) is 14.5. The van der Waals surface area contributed by atoms with Gasteiger partial charge >= 0.3 is 0 Å². The maximum atomic E-state index is 12.5. The zero-order valence-electron chi connectivity index (χ0n) is 22.8. The third kappa shape index (κ3) is 5.63. The van der Waals surface area contributed by atoms with Crippen molar-refractivity contribution in [1.82, 2.24) is 24.8 Å². The lowest BCUT2D eigenvalue weighted by Gasteiger charge is -2.23. The van der Waals surface area contributed by atoms with Crippen molar-refractivity contribution < 1.29 is 9.53 Å². The normalized spacial score (nSPS) is 15.5. The molecule has 7 rings (SSSR count). The summed E-state index contributed by atoms with van der Waals surface area (Å²) < 4.78 is 8.18. The van der Waals surface area contributed by atoms with Crippen LogP contribution in [-0.4, -0.2) is 31.5 Å². The Hall–Kier alpha value is -4.72. The van der Waals surface area contributed by atoms with Crippen LogP contribution in [0, 0.1) is 0 Å². The fraction of sp³-hybridized carbons (Fsp3) is 0.273. The molecule has 0 unspecified atom stereocenters. The molecule has 2 heterocycles. The van der Waals surface area contributed by atoms with Crippen molar-refractivity contribution in [3.05, 3.63) is 90.8 Å². The highest BCUT2D eigenvalue weighted by atomic mass is 16.5. The lowest BCUT2D eigenvalue weighted by atomic mass is 9.95. The summed E-state index contributed by atoms with van der Waals surface area (Å²) in [5.41, 5.74) is 3.93. The summed E-state index contributed by atoms with van der Waals surface area (Å²) >= 11 is 0. The number of fused-ring (bicyclic) bond motifs is 1. The van der Waals surface area contributed by atoms with Gasteiger partial charge in [-0.25, -0.2) is 15.0 Å². The minimum absolute atomic E-state index is 0.0344. The van der Waals surface area contributed by atoms with Crippen LogP contribution in [0.3, 0.4) is 0 Å². The fourth-order valence-corrected chi connectivity index (χ4v) is 5.39. The molecule has 0 aliphatic heterocycles. The van der Waals surface area contributed by atoms with E-state index in [0.717, 1.165) is 59.6 Å². The molecule has 1 amide bonds. The van der Waals surface area contributed by atoms with E-state index in [1.807, 2.05) is 85.2 Å². The van der Waals surface area contributed by atoms with E-state index in [1.54, 1.807) is 0 Å². The molecule has 2 saturated carbocycles. The Morgan fingerprint density at radius 1 is 0.805 bits per heavy atom. The van der Waals surface area contributed by atoms with E-state index in [1.165, 1.54) is 19.3 Å². The van der Waals surface area contributed by atoms with Crippen molar-refractivity contribution in [2.75, 3.05) is 5.32 Å². The topological polar surface area (TPSA) is 94.0 Å². The lowest BCUT2D eigenvalue weighted by molar-refractivity contribution is 0.0951. The van der Waals surface area contributed by atoms with Gasteiger partial charge < -0.3 is 19.9 Å². The second-order valence-electron chi connectivity index (χ2n) is 10.9. The molecule has 0 bridgehead atoms. The molecular weight excluding hydrogens is 512 g/mol. The molecule has 8 nitrogen and oxygen atoms in total. The number of amides is 1. The average molecular weight is 545 g/mol. The van der Waals surface area contributed by atoms with Crippen LogP contribution < -0.4 is 15.4 Å². The third-order valence-electron chi connectivity index (χ3n) is 7.80. The number of anilines is 2. The average Bonchev–Trinajstić information content (AvgIpc) is 3.73. The first-order valence-electron chi connectivity index (χ1n) is 14.5. The van der Waals surface area contributed by atoms with E-state index < -0.39 is 0 Å². The van der Waals surface area contributed by atoms with Crippen molar-refractivity contribution in [3.8, 4) is 22.9 Å². The molecule has 2 N–H and O–H groups in total. The molecule has 0 spiro atoms. The van der Waals surface area contributed by atoms with E-state index in [9.17, 15) is 4.79 Å². The molecule has 5 aromatic rings. The lowest BCUT2D eigenvalue weighted by Crippen LogP contribution is -2.25. The largest absolute Gasteiger partial charge is 0.457 e. The molecule has 8 heteroatoms. The zero-order valence-corrected chi connectivity index (χ0v) is 22.8. The van der Waals surface area contributed by atoms with Crippen molar-refractivity contribution >= 4 is 28.6 Å². The molecule has 0 saturated heterocycles. The van der Waals surface area contributed by atoms with Crippen LogP contribution in [0.2, 0.25) is 0 Å². The van der Waals surface area contributed by atoms with E-state index >= 15 is 0 Å². The Labute approximate surface area is 238 Å². The van der Waals surface area contributed by atoms with Crippen LogP contribution in [0.25, 0.3) is 22.6 Å². The van der Waals surface area contributed by atoms with Gasteiger partial charge in [-0.15, -0.1) is 0 Å². The van der Waals surface area contributed by atoms with Gasteiger partial charge in [0.2, 0.25) is 0 Å². The van der Waals surface area contributed by atoms with Gasteiger partial charge in [0.25, 0.3) is 5.91 Å². The van der Waals surface area contributed by atoms with Crippen molar-refractivity contribution in [3.63, 3.8) is 0 Å². The molecule has 0 atom stereocenters. The highest BCUT2D eigenvalue weighted by Crippen LogP contribution is 2.34. The fourth-order valence-electron chi connectivity index (χ4n) is 5.39. The van der Waals surface area contributed by atoms with Crippen LogP contribution in [0.15, 0.2) is 85.2 Å². The maximum absolute atomic E-state index is 12.5. The predicted octanol–water partition coefficient (Wildman–Crippen LogP) is 7.43. The summed E-state index contributed by atoms with van der Waals surface area (Å²) in [4.78, 5) is 27.2. The minimum atomic E-state index is -0.0344. The number of imidazole rings is 1. The number of aromatic nitrogens is 4. The van der Waals surface area contributed by atoms with Crippen molar-refractivity contribution in [1.29, 1.82) is 0 Å². The molecule has 2 aliphatic carbocycles. The smallest absolute Gasteiger partial charge is 0.251 e. The van der Waals surface area contributed by atoms with Gasteiger partial charge in [-0.2, -0.15) is 0 Å². The van der Waals surface area contributed by atoms with Crippen molar-refractivity contribution in [2.45, 2.75) is 57.0 Å². The van der Waals surface area contributed by atoms with E-state index in [-0.39, 0.29) is 5.91 Å². The molecule has 2 fully saturated rings. The molecular formula is C33H32N6O2. The molecule has 0 radical (unpaired) electrons. The number of carbonyl (C=O) groups excluding carboxylic acids is 1. The summed E-state index contributed by atoms with van der Waals surface area (Å²) in [7, 11) is 0. The van der Waals surface area contributed by atoms with Gasteiger partial charge in [0.05, 0.1) is 6.33 Å². The van der Waals surface area contributed by atoms with Gasteiger partial charge in [-0.1, -0.05) is 49.6 Å². The second-order valence-corrected chi connectivity index (χ2v) is 10.9. The molecule has 206 valence electrons. The van der Waals surface area contributed by atoms with Gasteiger partial charge in [0.1, 0.15) is 11.5 Å². The number of benzene rings is 3. The number of nitrogens with zero attached hydrogens (tertiary/aromatic N) is 4. The van der Waals surface area contributed by atoms with Crippen LogP contribution in [0.1, 0.15) is 61.3 Å². The summed E-state index contributed by atoms with van der Waals surface area (Å²) in [6, 6.07) is 25.8. The number of nitrogens with one attached hydrogen (secondary N) is 2. The Kier molecular flexibility index (Phi) is 6.80. The maximum Gasteiger partial charge on any atom is 0.251 e. The molecule has 2 aliphatic rings. The van der Waals surface area contributed by atoms with Gasteiger partial charge in [0.15, 0.2) is 22.8 Å². The molecule has 2 aromatic heterocycles. The summed E-state index contributed by atoms with van der Waals surface area (Å²) in [5.74, 6) is 2.75. The van der Waals surface area contributed by atoms with Crippen LogP contribution in [0.4, 0.5) is 11.5 Å². The van der Waals surface area contributed by atoms with Crippen molar-refractivity contribution in [2.24, 2.45) is 0 Å². The van der Waals surface area contributed by atoms with Crippen LogP contribution >= 0.6 is 0 Å². The Morgan fingerprint density at radius 2 is 1.54 bits per heavy atom. The number of rotatable bonds is 8. The quantitative estimate of drug-likeness (QED) is 0.211. The van der Waals surface area contributed by atoms with Gasteiger partial charge in [0, 0.05) is 28.9 Å². The predicted molar refractivity (Wildman–Crippen MR) is 160 cm³/mol. The summed E-state index contributed by atoms with van der Waals surface area (Å²) in [6.07, 6.45) is 10.00. The Bertz CT molecular complexity index is 1650. The Balaban J connectivity index is 1.21.